The van der Waals surface area contributed by atoms with E-state index in [1.807, 2.05) is 19.1 Å². The van der Waals surface area contributed by atoms with E-state index in [-0.39, 0.29) is 12.2 Å². The summed E-state index contributed by atoms with van der Waals surface area (Å²) in [5.74, 6) is -2.62. The van der Waals surface area contributed by atoms with Crippen LogP contribution in [0.3, 0.4) is 0 Å². The topological polar surface area (TPSA) is 162 Å². The van der Waals surface area contributed by atoms with Crippen molar-refractivity contribution in [3.8, 4) is 11.8 Å². The summed E-state index contributed by atoms with van der Waals surface area (Å²) >= 11 is 1.03. The monoisotopic (exact) mass is 649 g/mol. The molecule has 2 N–H and O–H groups in total. The van der Waals surface area contributed by atoms with Gasteiger partial charge < -0.3 is 34.3 Å². The van der Waals surface area contributed by atoms with Crippen LogP contribution in [0.15, 0.2) is 70.4 Å². The van der Waals surface area contributed by atoms with Crippen molar-refractivity contribution in [1.82, 2.24) is 5.32 Å². The highest BCUT2D eigenvalue weighted by atomic mass is 32.2. The van der Waals surface area contributed by atoms with Crippen molar-refractivity contribution in [2.75, 3.05) is 19.0 Å². The lowest BCUT2D eigenvalue weighted by molar-refractivity contribution is -0.213. The number of esters is 3. The van der Waals surface area contributed by atoms with E-state index in [1.165, 1.54) is 27.9 Å². The molecule has 242 valence electrons. The summed E-state index contributed by atoms with van der Waals surface area (Å²) in [6.45, 7) is 7.06. The molecule has 2 aliphatic heterocycles. The van der Waals surface area contributed by atoms with Crippen LogP contribution in [0.5, 0.6) is 5.75 Å². The lowest BCUT2D eigenvalue weighted by atomic mass is 9.82. The van der Waals surface area contributed by atoms with Crippen LogP contribution < -0.4 is 15.4 Å². The molecule has 2 aliphatic rings. The Morgan fingerprint density at radius 3 is 2.09 bits per heavy atom. The molecule has 0 bridgehead atoms. The Morgan fingerprint density at radius 1 is 0.913 bits per heavy atom. The molecule has 1 fully saturated rings. The number of thioether (sulfide) groups is 1. The van der Waals surface area contributed by atoms with Crippen molar-refractivity contribution in [1.29, 1.82) is 5.26 Å². The van der Waals surface area contributed by atoms with Crippen LogP contribution in [-0.4, -0.2) is 61.3 Å². The van der Waals surface area contributed by atoms with Crippen molar-refractivity contribution in [2.24, 2.45) is 0 Å². The van der Waals surface area contributed by atoms with Gasteiger partial charge in [0.25, 0.3) is 5.91 Å². The standard InChI is InChI=1S/C33H35N3O9S/c1-17-7-11-23(12-8-17)36-31(40)27-18(2)35-32(25(15-34)28(27)22-9-13-24(41-6)14-10-22)46-33-30(45-21(5)39)29(44-20(4)38)26(16-42-33)43-19(3)37/h7-14,26,28-30,33,35H,16H2,1-6H3,(H,36,40)/t26-,28?,29-,30+,33-/m0/s1. The number of anilines is 1. The second kappa shape index (κ2) is 15.0. The number of allylic oxidation sites excluding steroid dienone is 2. The largest absolute Gasteiger partial charge is 0.497 e. The Bertz CT molecular complexity index is 1600. The number of carbonyl (C=O) groups excluding carboxylic acids is 4. The van der Waals surface area contributed by atoms with E-state index in [4.69, 9.17) is 23.7 Å². The normalized spacial score (nSPS) is 22.6. The molecular formula is C33H35N3O9S. The average Bonchev–Trinajstić information content (AvgIpc) is 3.00. The molecule has 0 aromatic heterocycles. The molecule has 46 heavy (non-hydrogen) atoms. The molecule has 4 rings (SSSR count). The number of aryl methyl sites for hydroxylation is 1. The maximum atomic E-state index is 13.8. The van der Waals surface area contributed by atoms with E-state index in [9.17, 15) is 24.4 Å². The SMILES string of the molecule is COc1ccc(C2C(C#N)=C(S[C@@H]3OC[C@H](OC(C)=O)[C@H](OC(C)=O)[C@H]3OC(C)=O)NC(C)=C2C(=O)Nc2ccc(C)cc2)cc1. The molecule has 2 heterocycles. The van der Waals surface area contributed by atoms with E-state index >= 15 is 0 Å². The van der Waals surface area contributed by atoms with Gasteiger partial charge in [0.15, 0.2) is 18.3 Å². The minimum atomic E-state index is -1.21. The fourth-order valence-electron chi connectivity index (χ4n) is 5.20. The second-order valence-corrected chi connectivity index (χ2v) is 11.8. The average molecular weight is 650 g/mol. The number of rotatable bonds is 9. The molecule has 0 saturated carbocycles. The van der Waals surface area contributed by atoms with Gasteiger partial charge in [0.05, 0.1) is 36.3 Å². The van der Waals surface area contributed by atoms with Crippen molar-refractivity contribution in [3.05, 3.63) is 81.5 Å². The van der Waals surface area contributed by atoms with E-state index in [0.29, 0.717) is 33.3 Å². The third-order valence-electron chi connectivity index (χ3n) is 7.19. The number of hydrogen-bond acceptors (Lipinski definition) is 12. The maximum Gasteiger partial charge on any atom is 0.303 e. The van der Waals surface area contributed by atoms with Gasteiger partial charge in [-0.15, -0.1) is 0 Å². The summed E-state index contributed by atoms with van der Waals surface area (Å²) in [5, 5.41) is 17.0. The number of dihydropyridines is 1. The van der Waals surface area contributed by atoms with Gasteiger partial charge in [-0.1, -0.05) is 41.6 Å². The zero-order chi connectivity index (χ0) is 33.5. The molecule has 2 aromatic rings. The van der Waals surface area contributed by atoms with Gasteiger partial charge in [-0.3, -0.25) is 19.2 Å². The Kier molecular flexibility index (Phi) is 11.1. The number of amides is 1. The molecule has 13 heteroatoms. The van der Waals surface area contributed by atoms with Crippen molar-refractivity contribution < 1.29 is 42.9 Å². The van der Waals surface area contributed by atoms with Crippen LogP contribution in [0.2, 0.25) is 0 Å². The van der Waals surface area contributed by atoms with Crippen LogP contribution >= 0.6 is 11.8 Å². The summed E-state index contributed by atoms with van der Waals surface area (Å²) in [4.78, 5) is 49.8. The predicted molar refractivity (Wildman–Crippen MR) is 168 cm³/mol. The second-order valence-electron chi connectivity index (χ2n) is 10.7. The van der Waals surface area contributed by atoms with Gasteiger partial charge in [-0.2, -0.15) is 5.26 Å². The molecule has 1 saturated heterocycles. The zero-order valence-electron chi connectivity index (χ0n) is 26.2. The lowest BCUT2D eigenvalue weighted by Crippen LogP contribution is -2.56. The van der Waals surface area contributed by atoms with Gasteiger partial charge >= 0.3 is 17.9 Å². The number of benzene rings is 2. The summed E-state index contributed by atoms with van der Waals surface area (Å²) in [7, 11) is 1.54. The minimum absolute atomic E-state index is 0.178. The molecule has 12 nitrogen and oxygen atoms in total. The molecule has 2 aromatic carbocycles. The molecule has 1 unspecified atom stereocenters. The zero-order valence-corrected chi connectivity index (χ0v) is 27.1. The smallest absolute Gasteiger partial charge is 0.303 e. The number of nitrogens with one attached hydrogen (secondary N) is 2. The van der Waals surface area contributed by atoms with E-state index in [2.05, 4.69) is 16.7 Å². The lowest BCUT2D eigenvalue weighted by Gasteiger charge is -2.41. The van der Waals surface area contributed by atoms with Gasteiger partial charge in [0.1, 0.15) is 11.2 Å². The number of carbonyl (C=O) groups is 4. The van der Waals surface area contributed by atoms with Crippen LogP contribution in [0.4, 0.5) is 5.69 Å². The fraction of sp³-hybridized carbons (Fsp3) is 0.364. The quantitative estimate of drug-likeness (QED) is 0.294. The highest BCUT2D eigenvalue weighted by Gasteiger charge is 2.48. The summed E-state index contributed by atoms with van der Waals surface area (Å²) in [6, 6.07) is 16.6. The molecule has 0 radical (unpaired) electrons. The molecule has 5 atom stereocenters. The Labute approximate surface area is 271 Å². The summed E-state index contributed by atoms with van der Waals surface area (Å²) in [5.41, 5.74) is 2.27. The van der Waals surface area contributed by atoms with E-state index in [0.717, 1.165) is 17.3 Å². The first kappa shape index (κ1) is 34.1. The minimum Gasteiger partial charge on any atom is -0.497 e. The van der Waals surface area contributed by atoms with Crippen molar-refractivity contribution in [2.45, 2.75) is 64.3 Å². The molecule has 0 aliphatic carbocycles. The number of methoxy groups -OCH3 is 1. The van der Waals surface area contributed by atoms with Crippen molar-refractivity contribution >= 4 is 41.3 Å². The molecule has 1 amide bonds. The van der Waals surface area contributed by atoms with Gasteiger partial charge in [0.2, 0.25) is 0 Å². The van der Waals surface area contributed by atoms with E-state index < -0.39 is 53.5 Å². The van der Waals surface area contributed by atoms with Crippen LogP contribution in [0.25, 0.3) is 0 Å². The van der Waals surface area contributed by atoms with Crippen LogP contribution in [0, 0.1) is 18.3 Å². The maximum absolute atomic E-state index is 13.8. The molecular weight excluding hydrogens is 614 g/mol. The first-order valence-electron chi connectivity index (χ1n) is 14.4. The summed E-state index contributed by atoms with van der Waals surface area (Å²) < 4.78 is 27.7. The Hall–Kier alpha value is -4.80. The first-order valence-corrected chi connectivity index (χ1v) is 15.2. The highest BCUT2D eigenvalue weighted by molar-refractivity contribution is 8.03. The first-order chi connectivity index (χ1) is 21.9. The Balaban J connectivity index is 1.75. The van der Waals surface area contributed by atoms with Crippen LogP contribution in [0.1, 0.15) is 44.7 Å². The molecule has 0 spiro atoms. The number of nitrogens with zero attached hydrogens (tertiary/aromatic N) is 1. The Morgan fingerprint density at radius 2 is 1.52 bits per heavy atom. The fourth-order valence-corrected chi connectivity index (χ4v) is 6.42. The van der Waals surface area contributed by atoms with Gasteiger partial charge in [-0.25, -0.2) is 0 Å². The predicted octanol–water partition coefficient (Wildman–Crippen LogP) is 4.22. The number of ether oxygens (including phenoxy) is 5. The van der Waals surface area contributed by atoms with E-state index in [1.54, 1.807) is 43.3 Å². The summed E-state index contributed by atoms with van der Waals surface area (Å²) in [6.07, 6.45) is -3.44. The highest BCUT2D eigenvalue weighted by Crippen LogP contribution is 2.44. The van der Waals surface area contributed by atoms with Gasteiger partial charge in [0, 0.05) is 37.7 Å². The number of nitriles is 1. The number of hydrogen-bond donors (Lipinski definition) is 2. The van der Waals surface area contributed by atoms with Crippen LogP contribution in [-0.2, 0) is 38.1 Å². The van der Waals surface area contributed by atoms with Gasteiger partial charge in [-0.05, 0) is 43.7 Å². The van der Waals surface area contributed by atoms with Crippen molar-refractivity contribution in [3.63, 3.8) is 0 Å². The third kappa shape index (κ3) is 8.07. The third-order valence-corrected chi connectivity index (χ3v) is 8.38.